The van der Waals surface area contributed by atoms with Gasteiger partial charge in [0.15, 0.2) is 0 Å². The molecular formula is C10H15ClO4. The molecule has 0 aromatic heterocycles. The third kappa shape index (κ3) is 1.89. The zero-order valence-electron chi connectivity index (χ0n) is 8.43. The van der Waals surface area contributed by atoms with E-state index in [1.165, 1.54) is 6.42 Å². The van der Waals surface area contributed by atoms with Crippen LogP contribution in [-0.4, -0.2) is 6.10 Å². The molecule has 4 aliphatic rings. The van der Waals surface area contributed by atoms with Crippen LogP contribution in [0.25, 0.3) is 0 Å². The first-order valence-electron chi connectivity index (χ1n) is 5.60. The molecule has 86 valence electrons. The van der Waals surface area contributed by atoms with Gasteiger partial charge in [-0.1, -0.05) is 0 Å². The summed E-state index contributed by atoms with van der Waals surface area (Å²) in [5, 5.41) is 0. The van der Waals surface area contributed by atoms with E-state index in [1.807, 2.05) is 0 Å². The first kappa shape index (κ1) is 10.3. The summed E-state index contributed by atoms with van der Waals surface area (Å²) in [5.41, 5.74) is 0. The van der Waals surface area contributed by atoms with Crippen molar-refractivity contribution in [3.63, 3.8) is 0 Å². The second-order valence-electron chi connectivity index (χ2n) is 5.36. The lowest BCUT2D eigenvalue weighted by Crippen LogP contribution is -2.65. The molecule has 5 heteroatoms. The fourth-order valence-electron chi connectivity index (χ4n) is 4.15. The predicted molar refractivity (Wildman–Crippen MR) is 41.9 cm³/mol. The Hall–Kier alpha value is 0.130. The number of halogens is 1. The van der Waals surface area contributed by atoms with Crippen molar-refractivity contribution in [2.45, 2.75) is 38.2 Å². The van der Waals surface area contributed by atoms with E-state index in [-0.39, 0.29) is 6.10 Å². The highest BCUT2D eigenvalue weighted by Crippen LogP contribution is 2.54. The van der Waals surface area contributed by atoms with Gasteiger partial charge in [0.05, 0.1) is 14.5 Å². The van der Waals surface area contributed by atoms with Crippen LogP contribution < -0.4 is 14.0 Å². The number of hydrogen-bond donors (Lipinski definition) is 0. The molecule has 0 N–H and O–H groups in total. The van der Waals surface area contributed by atoms with Gasteiger partial charge in [0, 0.05) is 11.8 Å². The van der Waals surface area contributed by atoms with E-state index in [1.54, 1.807) is 0 Å². The Labute approximate surface area is 91.0 Å². The molecule has 0 aromatic carbocycles. The Morgan fingerprint density at radius 2 is 1.27 bits per heavy atom. The van der Waals surface area contributed by atoms with Gasteiger partial charge in [0.2, 0.25) is 6.10 Å². The third-order valence-corrected chi connectivity index (χ3v) is 4.78. The van der Waals surface area contributed by atoms with Crippen molar-refractivity contribution >= 4 is 0 Å². The Morgan fingerprint density at radius 3 is 1.67 bits per heavy atom. The van der Waals surface area contributed by atoms with Crippen LogP contribution in [0.3, 0.4) is 0 Å². The van der Waals surface area contributed by atoms with E-state index < -0.39 is 10.2 Å². The van der Waals surface area contributed by atoms with E-state index >= 15 is 0 Å². The lowest BCUT2D eigenvalue weighted by atomic mass is 9.55. The van der Waals surface area contributed by atoms with Gasteiger partial charge in [-0.15, -0.1) is 0 Å². The molecule has 0 spiro atoms. The molecular weight excluding hydrogens is 220 g/mol. The molecule has 4 nitrogen and oxygen atoms in total. The average Bonchev–Trinajstić information content (AvgIpc) is 2.08. The van der Waals surface area contributed by atoms with Gasteiger partial charge in [-0.3, -0.25) is 0 Å². The summed E-state index contributed by atoms with van der Waals surface area (Å²) >= 11 is 0. The van der Waals surface area contributed by atoms with Gasteiger partial charge in [-0.2, -0.15) is 14.0 Å². The maximum Gasteiger partial charge on any atom is 0.219 e. The largest absolute Gasteiger partial charge is 0.219 e. The maximum atomic E-state index is 10.6. The summed E-state index contributed by atoms with van der Waals surface area (Å²) in [6.07, 6.45) is 5.22. The van der Waals surface area contributed by atoms with Crippen LogP contribution >= 0.6 is 0 Å². The van der Waals surface area contributed by atoms with Crippen molar-refractivity contribution in [3.8, 4) is 0 Å². The number of rotatable bonds is 2. The Morgan fingerprint density at radius 1 is 0.800 bits per heavy atom. The monoisotopic (exact) mass is 234 g/mol. The van der Waals surface area contributed by atoms with Crippen molar-refractivity contribution in [2.75, 3.05) is 0 Å². The molecule has 0 saturated heterocycles. The quantitative estimate of drug-likeness (QED) is 0.597. The first-order valence-corrected chi connectivity index (χ1v) is 6.84. The molecule has 4 saturated carbocycles. The minimum absolute atomic E-state index is 0.317. The van der Waals surface area contributed by atoms with E-state index in [0.717, 1.165) is 37.5 Å². The lowest BCUT2D eigenvalue weighted by Gasteiger charge is -2.51. The Bertz CT molecular complexity index is 235. The lowest BCUT2D eigenvalue weighted by molar-refractivity contribution is -1.92. The van der Waals surface area contributed by atoms with Gasteiger partial charge in [0.25, 0.3) is 0 Å². The molecule has 15 heavy (non-hydrogen) atoms. The topological polar surface area (TPSA) is 78.4 Å². The normalized spacial score (nSPS) is 48.6. The van der Waals surface area contributed by atoms with Crippen LogP contribution in [0.5, 0.6) is 0 Å². The van der Waals surface area contributed by atoms with Crippen molar-refractivity contribution < 1.29 is 28.5 Å². The standard InChI is InChI=1S/C10H15ClO4/c12-11(13,14)15-10-8-2-6-1-7(4-8)5-9(10)3-6/h6-10H,1-5H2. The molecule has 4 fully saturated rings. The van der Waals surface area contributed by atoms with Gasteiger partial charge in [-0.25, -0.2) is 0 Å². The number of hydrogen-bond acceptors (Lipinski definition) is 4. The molecule has 0 radical (unpaired) electrons. The summed E-state index contributed by atoms with van der Waals surface area (Å²) < 4.78 is 36.6. The minimum Gasteiger partial charge on any atom is -0.183 e. The van der Waals surface area contributed by atoms with E-state index in [0.29, 0.717) is 11.8 Å². The van der Waals surface area contributed by atoms with Crippen LogP contribution in [0.1, 0.15) is 32.1 Å². The summed E-state index contributed by atoms with van der Waals surface area (Å²) in [6, 6.07) is 0. The highest BCUT2D eigenvalue weighted by atomic mass is 35.7. The van der Waals surface area contributed by atoms with Crippen molar-refractivity contribution in [3.05, 3.63) is 0 Å². The fourth-order valence-corrected chi connectivity index (χ4v) is 4.69. The molecule has 0 unspecified atom stereocenters. The second-order valence-corrected chi connectivity index (χ2v) is 6.30. The predicted octanol–water partition coefficient (Wildman–Crippen LogP) is -1.27. The highest BCUT2D eigenvalue weighted by molar-refractivity contribution is 4.98. The molecule has 0 heterocycles. The smallest absolute Gasteiger partial charge is 0.183 e. The minimum atomic E-state index is -4.24. The van der Waals surface area contributed by atoms with Crippen molar-refractivity contribution in [1.82, 2.24) is 0 Å². The summed E-state index contributed by atoms with van der Waals surface area (Å²) in [4.78, 5) is 0. The summed E-state index contributed by atoms with van der Waals surface area (Å²) in [6.45, 7) is 0. The summed E-state index contributed by atoms with van der Waals surface area (Å²) in [7, 11) is -4.24. The maximum absolute atomic E-state index is 10.6. The fraction of sp³-hybridized carbons (Fsp3) is 1.00. The van der Waals surface area contributed by atoms with Crippen LogP contribution in [-0.2, 0) is 4.29 Å². The van der Waals surface area contributed by atoms with E-state index in [4.69, 9.17) is 4.29 Å². The zero-order valence-corrected chi connectivity index (χ0v) is 9.19. The van der Waals surface area contributed by atoms with Crippen molar-refractivity contribution in [1.29, 1.82) is 0 Å². The third-order valence-electron chi connectivity index (χ3n) is 4.35. The average molecular weight is 235 g/mol. The van der Waals surface area contributed by atoms with Crippen LogP contribution in [0.15, 0.2) is 0 Å². The summed E-state index contributed by atoms with van der Waals surface area (Å²) in [5.74, 6) is 2.16. The SMILES string of the molecule is [O-][Cl+3]([O-])([O-])OC1C2CC3CC(C2)CC1C3. The molecule has 0 amide bonds. The second kappa shape index (κ2) is 3.31. The molecule has 0 atom stereocenters. The molecule has 4 aliphatic carbocycles. The van der Waals surface area contributed by atoms with Gasteiger partial charge < -0.3 is 0 Å². The zero-order chi connectivity index (χ0) is 10.6. The molecule has 0 aliphatic heterocycles. The first-order chi connectivity index (χ1) is 7.01. The molecule has 0 aromatic rings. The van der Waals surface area contributed by atoms with Gasteiger partial charge >= 0.3 is 0 Å². The highest BCUT2D eigenvalue weighted by Gasteiger charge is 2.54. The van der Waals surface area contributed by atoms with Crippen LogP contribution in [0, 0.1) is 33.9 Å². The van der Waals surface area contributed by atoms with Gasteiger partial charge in [-0.05, 0) is 43.9 Å². The van der Waals surface area contributed by atoms with E-state index in [9.17, 15) is 14.0 Å². The molecule has 4 rings (SSSR count). The Kier molecular flexibility index (Phi) is 2.27. The van der Waals surface area contributed by atoms with E-state index in [2.05, 4.69) is 0 Å². The van der Waals surface area contributed by atoms with Crippen LogP contribution in [0.4, 0.5) is 0 Å². The Balaban J connectivity index is 1.75. The van der Waals surface area contributed by atoms with Crippen LogP contribution in [0.2, 0.25) is 0 Å². The molecule has 4 bridgehead atoms. The van der Waals surface area contributed by atoms with Gasteiger partial charge in [0.1, 0.15) is 0 Å². The van der Waals surface area contributed by atoms with Crippen molar-refractivity contribution in [2.24, 2.45) is 23.7 Å².